The van der Waals surface area contributed by atoms with Crippen molar-refractivity contribution in [3.63, 3.8) is 0 Å². The first kappa shape index (κ1) is 20.9. The van der Waals surface area contributed by atoms with E-state index in [1.54, 1.807) is 13.8 Å². The van der Waals surface area contributed by atoms with Gasteiger partial charge in [0.2, 0.25) is 4.75 Å². The predicted molar refractivity (Wildman–Crippen MR) is 109 cm³/mol. The van der Waals surface area contributed by atoms with Crippen molar-refractivity contribution in [1.29, 1.82) is 0 Å². The van der Waals surface area contributed by atoms with Crippen LogP contribution in [-0.4, -0.2) is 47.3 Å². The van der Waals surface area contributed by atoms with E-state index in [4.69, 9.17) is 9.47 Å². The maximum absolute atomic E-state index is 13.3. The molecule has 0 saturated carbocycles. The average molecular weight is 413 g/mol. The van der Waals surface area contributed by atoms with E-state index >= 15 is 0 Å². The summed E-state index contributed by atoms with van der Waals surface area (Å²) in [5, 5.41) is 0. The molecule has 0 spiro atoms. The van der Waals surface area contributed by atoms with Crippen LogP contribution < -0.4 is 0 Å². The Kier molecular flexibility index (Phi) is 6.59. The molecule has 2 aromatic carbocycles. The molecule has 0 N–H and O–H groups in total. The highest BCUT2D eigenvalue weighted by molar-refractivity contribution is 8.02. The van der Waals surface area contributed by atoms with Gasteiger partial charge in [0, 0.05) is 4.90 Å². The van der Waals surface area contributed by atoms with Crippen LogP contribution in [0, 0.1) is 0 Å². The molecule has 29 heavy (non-hydrogen) atoms. The van der Waals surface area contributed by atoms with E-state index in [0.29, 0.717) is 0 Å². The highest BCUT2D eigenvalue weighted by atomic mass is 32.2. The fourth-order valence-corrected chi connectivity index (χ4v) is 4.80. The molecule has 152 valence electrons. The summed E-state index contributed by atoms with van der Waals surface area (Å²) < 4.78 is 8.85. The molecule has 3 rings (SSSR count). The molecule has 0 radical (unpaired) electrons. The number of ether oxygens (including phenoxy) is 2. The zero-order valence-corrected chi connectivity index (χ0v) is 17.2. The third kappa shape index (κ3) is 4.00. The highest BCUT2D eigenvalue weighted by Crippen LogP contribution is 2.54. The minimum absolute atomic E-state index is 0.155. The van der Waals surface area contributed by atoms with Gasteiger partial charge in [0.05, 0.1) is 19.3 Å². The number of hydrogen-bond acceptors (Lipinski definition) is 6. The molecular formula is C22H23NO5S. The maximum Gasteiger partial charge on any atom is 0.334 e. The normalized spacial score (nSPS) is 20.7. The van der Waals surface area contributed by atoms with Crippen LogP contribution in [0.25, 0.3) is 0 Å². The summed E-state index contributed by atoms with van der Waals surface area (Å²) in [5.74, 6) is -1.57. The van der Waals surface area contributed by atoms with Gasteiger partial charge in [-0.05, 0) is 31.5 Å². The van der Waals surface area contributed by atoms with Crippen molar-refractivity contribution in [2.45, 2.75) is 29.5 Å². The van der Waals surface area contributed by atoms with Gasteiger partial charge in [-0.25, -0.2) is 4.79 Å². The molecule has 7 heteroatoms. The van der Waals surface area contributed by atoms with Gasteiger partial charge in [-0.1, -0.05) is 60.3 Å². The molecule has 6 nitrogen and oxygen atoms in total. The summed E-state index contributed by atoms with van der Waals surface area (Å²) in [5.41, 5.74) is 0.757. The number of β-lactam (4-membered cyclic amide) rings is 1. The summed E-state index contributed by atoms with van der Waals surface area (Å²) in [7, 11) is 0. The van der Waals surface area contributed by atoms with Gasteiger partial charge in [0.15, 0.2) is 0 Å². The molecule has 0 bridgehead atoms. The lowest BCUT2D eigenvalue weighted by Gasteiger charge is -2.53. The predicted octanol–water partition coefficient (Wildman–Crippen LogP) is 3.23. The number of amides is 1. The van der Waals surface area contributed by atoms with Crippen LogP contribution in [0.4, 0.5) is 0 Å². The fraction of sp³-hybridized carbons (Fsp3) is 0.318. The van der Waals surface area contributed by atoms with Crippen molar-refractivity contribution < 1.29 is 23.9 Å². The Bertz CT molecular complexity index is 873. The lowest BCUT2D eigenvalue weighted by atomic mass is 9.81. The third-order valence-electron chi connectivity index (χ3n) is 4.60. The SMILES string of the molecule is CCOC(=O)CN1C(=O)[C@](Sc2ccccc2)(C(=O)OCC)[C@@H]1c1ccccc1. The zero-order chi connectivity index (χ0) is 20.9. The Morgan fingerprint density at radius 1 is 0.966 bits per heavy atom. The van der Waals surface area contributed by atoms with Gasteiger partial charge < -0.3 is 14.4 Å². The summed E-state index contributed by atoms with van der Waals surface area (Å²) in [4.78, 5) is 40.7. The molecule has 1 saturated heterocycles. The number of benzene rings is 2. The smallest absolute Gasteiger partial charge is 0.334 e. The summed E-state index contributed by atoms with van der Waals surface area (Å²) >= 11 is 1.16. The lowest BCUT2D eigenvalue weighted by molar-refractivity contribution is -0.173. The van der Waals surface area contributed by atoms with Gasteiger partial charge in [0.1, 0.15) is 6.54 Å². The molecule has 0 aliphatic carbocycles. The number of nitrogens with zero attached hydrogens (tertiary/aromatic N) is 1. The van der Waals surface area contributed by atoms with Crippen LogP contribution in [-0.2, 0) is 23.9 Å². The van der Waals surface area contributed by atoms with Gasteiger partial charge in [-0.15, -0.1) is 0 Å². The van der Waals surface area contributed by atoms with Crippen LogP contribution in [0.5, 0.6) is 0 Å². The van der Waals surface area contributed by atoms with Crippen LogP contribution in [0.1, 0.15) is 25.5 Å². The van der Waals surface area contributed by atoms with Crippen molar-refractivity contribution in [3.8, 4) is 0 Å². The number of carbonyl (C=O) groups excluding carboxylic acids is 3. The van der Waals surface area contributed by atoms with E-state index in [0.717, 1.165) is 22.2 Å². The standard InChI is InChI=1S/C22H23NO5S/c1-3-27-18(24)15-23-19(16-11-7-5-8-12-16)22(20(23)25,21(26)28-4-2)29-17-13-9-6-10-14-17/h5-14,19H,3-4,15H2,1-2H3/t19-,22-/m0/s1. The first-order valence-electron chi connectivity index (χ1n) is 9.47. The summed E-state index contributed by atoms with van der Waals surface area (Å²) in [6, 6.07) is 17.8. The van der Waals surface area contributed by atoms with Crippen molar-refractivity contribution in [2.24, 2.45) is 0 Å². The minimum atomic E-state index is -1.49. The largest absolute Gasteiger partial charge is 0.465 e. The third-order valence-corrected chi connectivity index (χ3v) is 5.99. The van der Waals surface area contributed by atoms with Crippen molar-refractivity contribution in [1.82, 2.24) is 4.90 Å². The Hall–Kier alpha value is -2.80. The number of hydrogen-bond donors (Lipinski definition) is 0. The topological polar surface area (TPSA) is 72.9 Å². The van der Waals surface area contributed by atoms with Gasteiger partial charge in [0.25, 0.3) is 5.91 Å². The molecule has 1 heterocycles. The monoisotopic (exact) mass is 413 g/mol. The number of esters is 2. The summed E-state index contributed by atoms with van der Waals surface area (Å²) in [6.07, 6.45) is 0. The van der Waals surface area contributed by atoms with Gasteiger partial charge in [-0.3, -0.25) is 9.59 Å². The van der Waals surface area contributed by atoms with Crippen molar-refractivity contribution in [3.05, 3.63) is 66.2 Å². The quantitative estimate of drug-likeness (QED) is 0.376. The molecule has 2 atom stereocenters. The number of carbonyl (C=O) groups is 3. The van der Waals surface area contributed by atoms with E-state index in [2.05, 4.69) is 0 Å². The Labute approximate surface area is 174 Å². The number of likely N-dealkylation sites (tertiary alicyclic amines) is 1. The Morgan fingerprint density at radius 2 is 1.55 bits per heavy atom. The molecule has 1 fully saturated rings. The van der Waals surface area contributed by atoms with Crippen LogP contribution in [0.3, 0.4) is 0 Å². The van der Waals surface area contributed by atoms with Crippen molar-refractivity contribution >= 4 is 29.6 Å². The van der Waals surface area contributed by atoms with E-state index in [1.807, 2.05) is 60.7 Å². The average Bonchev–Trinajstić information content (AvgIpc) is 2.74. The molecule has 1 amide bonds. The zero-order valence-electron chi connectivity index (χ0n) is 16.4. The fourth-order valence-electron chi connectivity index (χ4n) is 3.41. The maximum atomic E-state index is 13.3. The van der Waals surface area contributed by atoms with Crippen molar-refractivity contribution in [2.75, 3.05) is 19.8 Å². The Morgan fingerprint density at radius 3 is 2.14 bits per heavy atom. The molecule has 1 aliphatic heterocycles. The van der Waals surface area contributed by atoms with Gasteiger partial charge >= 0.3 is 11.9 Å². The van der Waals surface area contributed by atoms with Gasteiger partial charge in [-0.2, -0.15) is 0 Å². The van der Waals surface area contributed by atoms with Crippen LogP contribution in [0.15, 0.2) is 65.6 Å². The highest BCUT2D eigenvalue weighted by Gasteiger charge is 2.68. The Balaban J connectivity index is 2.05. The summed E-state index contributed by atoms with van der Waals surface area (Å²) in [6.45, 7) is 3.57. The number of rotatable bonds is 8. The van der Waals surface area contributed by atoms with E-state index in [-0.39, 0.29) is 19.8 Å². The molecule has 0 unspecified atom stereocenters. The number of thioether (sulfide) groups is 1. The second kappa shape index (κ2) is 9.13. The van der Waals surface area contributed by atoms with E-state index < -0.39 is 28.6 Å². The first-order valence-corrected chi connectivity index (χ1v) is 10.3. The minimum Gasteiger partial charge on any atom is -0.465 e. The molecular weight excluding hydrogens is 390 g/mol. The van der Waals surface area contributed by atoms with E-state index in [1.165, 1.54) is 4.90 Å². The molecule has 0 aromatic heterocycles. The lowest BCUT2D eigenvalue weighted by Crippen LogP contribution is -2.71. The second-order valence-corrected chi connectivity index (χ2v) is 7.74. The molecule has 2 aromatic rings. The first-order chi connectivity index (χ1) is 14.0. The molecule has 1 aliphatic rings. The van der Waals surface area contributed by atoms with Crippen LogP contribution in [0.2, 0.25) is 0 Å². The van der Waals surface area contributed by atoms with E-state index in [9.17, 15) is 14.4 Å². The second-order valence-electron chi connectivity index (χ2n) is 6.42. The van der Waals surface area contributed by atoms with Crippen LogP contribution >= 0.6 is 11.8 Å².